The van der Waals surface area contributed by atoms with Crippen molar-refractivity contribution in [2.45, 2.75) is 46.5 Å². The first-order valence-electron chi connectivity index (χ1n) is 8.46. The molecule has 0 saturated carbocycles. The lowest BCUT2D eigenvalue weighted by molar-refractivity contribution is 0.256. The Hall–Kier alpha value is -1.86. The second-order valence-electron chi connectivity index (χ2n) is 6.42. The average Bonchev–Trinajstić information content (AvgIpc) is 2.51. The molecule has 7 heteroatoms. The molecule has 0 radical (unpaired) electrons. The maximum Gasteiger partial charge on any atom is 0.333 e. The average molecular weight is 368 g/mol. The van der Waals surface area contributed by atoms with Gasteiger partial charge in [-0.1, -0.05) is 58.9 Å². The molecule has 0 bridgehead atoms. The van der Waals surface area contributed by atoms with Crippen LogP contribution >= 0.6 is 0 Å². The van der Waals surface area contributed by atoms with Gasteiger partial charge < -0.3 is 5.32 Å². The van der Waals surface area contributed by atoms with E-state index in [9.17, 15) is 13.2 Å². The number of para-hydroxylation sites is 1. The molecule has 2 N–H and O–H groups in total. The van der Waals surface area contributed by atoms with Crippen LogP contribution in [0.25, 0.3) is 0 Å². The Morgan fingerprint density at radius 1 is 1.20 bits per heavy atom. The molecule has 25 heavy (non-hydrogen) atoms. The van der Waals surface area contributed by atoms with Crippen molar-refractivity contribution in [3.8, 4) is 0 Å². The summed E-state index contributed by atoms with van der Waals surface area (Å²) in [6.45, 7) is 13.7. The molecule has 140 valence electrons. The minimum atomic E-state index is -3.92. The second kappa shape index (κ2) is 9.01. The number of carbonyl (C=O) groups excluding carboxylic acids is 1. The van der Waals surface area contributed by atoms with Gasteiger partial charge in [0.05, 0.1) is 0 Å². The maximum atomic E-state index is 12.3. The Labute approximate surface area is 151 Å². The van der Waals surface area contributed by atoms with Crippen LogP contribution in [-0.4, -0.2) is 31.8 Å². The summed E-state index contributed by atoms with van der Waals surface area (Å²) < 4.78 is 27.8. The Bertz CT molecular complexity index is 686. The quantitative estimate of drug-likeness (QED) is 0.686. The topological polar surface area (TPSA) is 78.5 Å². The number of anilines is 1. The van der Waals surface area contributed by atoms with E-state index in [0.29, 0.717) is 5.69 Å². The van der Waals surface area contributed by atoms with Gasteiger partial charge in [0.15, 0.2) is 0 Å². The molecule has 0 aliphatic carbocycles. The third-order valence-corrected chi connectivity index (χ3v) is 5.39. The number of benzene rings is 1. The van der Waals surface area contributed by atoms with E-state index in [1.165, 1.54) is 6.08 Å². The Morgan fingerprint density at radius 3 is 2.12 bits per heavy atom. The van der Waals surface area contributed by atoms with Gasteiger partial charge in [0, 0.05) is 18.8 Å². The van der Waals surface area contributed by atoms with E-state index >= 15 is 0 Å². The normalized spacial score (nSPS) is 11.8. The number of carbonyl (C=O) groups is 1. The molecule has 1 aromatic rings. The zero-order chi connectivity index (χ0) is 19.2. The number of amides is 2. The first-order chi connectivity index (χ1) is 11.6. The molecule has 0 spiro atoms. The lowest BCUT2D eigenvalue weighted by Gasteiger charge is -2.22. The highest BCUT2D eigenvalue weighted by molar-refractivity contribution is 7.87. The lowest BCUT2D eigenvalue weighted by atomic mass is 9.93. The summed E-state index contributed by atoms with van der Waals surface area (Å²) in [4.78, 5) is 12.3. The third kappa shape index (κ3) is 5.57. The van der Waals surface area contributed by atoms with Crippen molar-refractivity contribution in [2.75, 3.05) is 18.4 Å². The zero-order valence-corrected chi connectivity index (χ0v) is 16.5. The predicted molar refractivity (Wildman–Crippen MR) is 103 cm³/mol. The largest absolute Gasteiger partial charge is 0.333 e. The number of likely N-dealkylation sites (N-methyl/N-ethyl adjacent to an activating group) is 1. The van der Waals surface area contributed by atoms with E-state index in [1.54, 1.807) is 6.92 Å². The highest BCUT2D eigenvalue weighted by atomic mass is 32.2. The van der Waals surface area contributed by atoms with Gasteiger partial charge in [-0.3, -0.25) is 0 Å². The van der Waals surface area contributed by atoms with Crippen LogP contribution in [-0.2, 0) is 10.2 Å². The van der Waals surface area contributed by atoms with E-state index < -0.39 is 16.2 Å². The first kappa shape index (κ1) is 21.2. The summed E-state index contributed by atoms with van der Waals surface area (Å²) in [6, 6.07) is 5.07. The van der Waals surface area contributed by atoms with Gasteiger partial charge in [0.2, 0.25) is 0 Å². The van der Waals surface area contributed by atoms with Gasteiger partial charge in [0.25, 0.3) is 0 Å². The van der Waals surface area contributed by atoms with E-state index in [-0.39, 0.29) is 24.9 Å². The molecule has 1 aromatic carbocycles. The van der Waals surface area contributed by atoms with Crippen LogP contribution < -0.4 is 10.0 Å². The molecule has 0 aromatic heterocycles. The maximum absolute atomic E-state index is 12.3. The van der Waals surface area contributed by atoms with Crippen molar-refractivity contribution in [2.24, 2.45) is 0 Å². The molecular weight excluding hydrogens is 338 g/mol. The standard InChI is InChI=1S/C18H29N3O3S/c1-7-12-21(8-2)25(23,24)20-18(22)19-17-15(13(3)4)10-9-11-16(17)14(5)6/h7,9-11,13-14H,1,8,12H2,2-6H3,(H2,19,20,22). The van der Waals surface area contributed by atoms with E-state index in [2.05, 4.69) is 16.6 Å². The summed E-state index contributed by atoms with van der Waals surface area (Å²) in [5, 5.41) is 2.74. The van der Waals surface area contributed by atoms with Gasteiger partial charge in [-0.2, -0.15) is 12.7 Å². The van der Waals surface area contributed by atoms with Crippen LogP contribution in [0.3, 0.4) is 0 Å². The summed E-state index contributed by atoms with van der Waals surface area (Å²) in [5.74, 6) is 0.386. The molecule has 6 nitrogen and oxygen atoms in total. The predicted octanol–water partition coefficient (Wildman–Crippen LogP) is 3.81. The number of hydrogen-bond donors (Lipinski definition) is 2. The fraction of sp³-hybridized carbons (Fsp3) is 0.500. The molecule has 0 aliphatic rings. The SMILES string of the molecule is C=CCN(CC)S(=O)(=O)NC(=O)Nc1c(C(C)C)cccc1C(C)C. The van der Waals surface area contributed by atoms with Crippen molar-refractivity contribution in [1.82, 2.24) is 9.03 Å². The van der Waals surface area contributed by atoms with Crippen LogP contribution in [0.15, 0.2) is 30.9 Å². The van der Waals surface area contributed by atoms with Crippen molar-refractivity contribution < 1.29 is 13.2 Å². The first-order valence-corrected chi connectivity index (χ1v) is 9.90. The van der Waals surface area contributed by atoms with Crippen LogP contribution in [0.4, 0.5) is 10.5 Å². The minimum absolute atomic E-state index is 0.138. The smallest absolute Gasteiger partial charge is 0.307 e. The van der Waals surface area contributed by atoms with Crippen LogP contribution in [0.5, 0.6) is 0 Å². The lowest BCUT2D eigenvalue weighted by Crippen LogP contribution is -2.45. The Morgan fingerprint density at radius 2 is 1.72 bits per heavy atom. The van der Waals surface area contributed by atoms with Crippen LogP contribution in [0, 0.1) is 0 Å². The van der Waals surface area contributed by atoms with Crippen LogP contribution in [0.2, 0.25) is 0 Å². The second-order valence-corrected chi connectivity index (χ2v) is 8.09. The molecule has 2 amide bonds. The number of nitrogens with one attached hydrogen (secondary N) is 2. The van der Waals surface area contributed by atoms with Crippen molar-refractivity contribution >= 4 is 21.9 Å². The molecule has 0 atom stereocenters. The van der Waals surface area contributed by atoms with Crippen LogP contribution in [0.1, 0.15) is 57.6 Å². The highest BCUT2D eigenvalue weighted by Gasteiger charge is 2.23. The van der Waals surface area contributed by atoms with Crippen molar-refractivity contribution in [3.63, 3.8) is 0 Å². The minimum Gasteiger partial charge on any atom is -0.307 e. The third-order valence-electron chi connectivity index (χ3n) is 3.86. The van der Waals surface area contributed by atoms with E-state index in [0.717, 1.165) is 15.4 Å². The monoisotopic (exact) mass is 367 g/mol. The zero-order valence-electron chi connectivity index (χ0n) is 15.7. The number of nitrogens with zero attached hydrogens (tertiary/aromatic N) is 1. The Balaban J connectivity index is 3.10. The molecular formula is C18H29N3O3S. The summed E-state index contributed by atoms with van der Waals surface area (Å²) in [6.07, 6.45) is 1.48. The summed E-state index contributed by atoms with van der Waals surface area (Å²) in [7, 11) is -3.92. The molecule has 0 aliphatic heterocycles. The van der Waals surface area contributed by atoms with Gasteiger partial charge in [-0.15, -0.1) is 6.58 Å². The van der Waals surface area contributed by atoms with Gasteiger partial charge >= 0.3 is 16.2 Å². The highest BCUT2D eigenvalue weighted by Crippen LogP contribution is 2.32. The number of hydrogen-bond acceptors (Lipinski definition) is 3. The van der Waals surface area contributed by atoms with E-state index in [1.807, 2.05) is 45.9 Å². The van der Waals surface area contributed by atoms with Crippen molar-refractivity contribution in [1.29, 1.82) is 0 Å². The van der Waals surface area contributed by atoms with Gasteiger partial charge in [-0.25, -0.2) is 9.52 Å². The van der Waals surface area contributed by atoms with Crippen molar-refractivity contribution in [3.05, 3.63) is 42.0 Å². The molecule has 1 rings (SSSR count). The number of urea groups is 1. The van der Waals surface area contributed by atoms with Gasteiger partial charge in [0.1, 0.15) is 0 Å². The van der Waals surface area contributed by atoms with E-state index in [4.69, 9.17) is 0 Å². The fourth-order valence-corrected chi connectivity index (χ4v) is 3.61. The molecule has 0 unspecified atom stereocenters. The summed E-state index contributed by atoms with van der Waals surface area (Å²) in [5.41, 5.74) is 2.61. The fourth-order valence-electron chi connectivity index (χ4n) is 2.56. The summed E-state index contributed by atoms with van der Waals surface area (Å²) >= 11 is 0. The number of rotatable bonds is 8. The van der Waals surface area contributed by atoms with Gasteiger partial charge in [-0.05, 0) is 23.0 Å². The Kier molecular flexibility index (Phi) is 7.63. The molecule has 0 heterocycles. The molecule has 0 fully saturated rings. The molecule has 0 saturated heterocycles.